The Bertz CT molecular complexity index is 342. The van der Waals surface area contributed by atoms with Crippen LogP contribution in [0.25, 0.3) is 0 Å². The van der Waals surface area contributed by atoms with E-state index in [2.05, 4.69) is 5.32 Å². The zero-order chi connectivity index (χ0) is 11.4. The molecule has 1 atom stereocenters. The molecule has 0 amide bonds. The van der Waals surface area contributed by atoms with Gasteiger partial charge in [-0.25, -0.2) is 8.78 Å². The van der Waals surface area contributed by atoms with E-state index >= 15 is 0 Å². The van der Waals surface area contributed by atoms with Gasteiger partial charge in [-0.05, 0) is 38.1 Å². The molecule has 4 heteroatoms. The first-order chi connectivity index (χ1) is 7.10. The molecule has 0 saturated heterocycles. The van der Waals surface area contributed by atoms with E-state index < -0.39 is 11.6 Å². The maximum Gasteiger partial charge on any atom is 0.128 e. The second-order valence-corrected chi connectivity index (χ2v) is 3.48. The average Bonchev–Trinajstić information content (AvgIpc) is 2.20. The summed E-state index contributed by atoms with van der Waals surface area (Å²) in [5.41, 5.74) is 0.546. The van der Waals surface area contributed by atoms with Crippen molar-refractivity contribution in [1.82, 2.24) is 5.32 Å². The van der Waals surface area contributed by atoms with E-state index in [0.717, 1.165) is 0 Å². The van der Waals surface area contributed by atoms with Crippen LogP contribution in [0.1, 0.15) is 23.6 Å². The number of aryl methyl sites for hydroxylation is 1. The van der Waals surface area contributed by atoms with Crippen LogP contribution in [-0.4, -0.2) is 18.8 Å². The average molecular weight is 215 g/mol. The number of benzene rings is 1. The van der Waals surface area contributed by atoms with E-state index in [1.807, 2.05) is 0 Å². The minimum Gasteiger partial charge on any atom is -0.396 e. The third-order valence-electron chi connectivity index (χ3n) is 2.42. The second-order valence-electron chi connectivity index (χ2n) is 3.48. The Kier molecular flexibility index (Phi) is 4.17. The molecule has 84 valence electrons. The van der Waals surface area contributed by atoms with Crippen LogP contribution in [0.3, 0.4) is 0 Å². The zero-order valence-corrected chi connectivity index (χ0v) is 8.85. The maximum absolute atomic E-state index is 13.5. The molecule has 0 aliphatic heterocycles. The Hall–Kier alpha value is -1.00. The van der Waals surface area contributed by atoms with Gasteiger partial charge in [0.25, 0.3) is 0 Å². The zero-order valence-electron chi connectivity index (χ0n) is 8.85. The Labute approximate surface area is 87.9 Å². The first-order valence-corrected chi connectivity index (χ1v) is 4.83. The highest BCUT2D eigenvalue weighted by Crippen LogP contribution is 2.22. The lowest BCUT2D eigenvalue weighted by atomic mass is 10.0. The molecule has 0 aliphatic carbocycles. The van der Waals surface area contributed by atoms with Crippen LogP contribution in [0.2, 0.25) is 0 Å². The number of hydrogen-bond acceptors (Lipinski definition) is 2. The quantitative estimate of drug-likeness (QED) is 0.804. The summed E-state index contributed by atoms with van der Waals surface area (Å²) in [4.78, 5) is 0. The molecule has 0 fully saturated rings. The Morgan fingerprint density at radius 2 is 2.00 bits per heavy atom. The SMILES string of the molecule is CNC(CCO)c1cc(F)c(C)cc1F. The molecule has 0 saturated carbocycles. The molecule has 0 spiro atoms. The van der Waals surface area contributed by atoms with Gasteiger partial charge in [-0.2, -0.15) is 0 Å². The lowest BCUT2D eigenvalue weighted by Gasteiger charge is -2.16. The number of rotatable bonds is 4. The van der Waals surface area contributed by atoms with Gasteiger partial charge in [0.1, 0.15) is 11.6 Å². The molecule has 0 heterocycles. The van der Waals surface area contributed by atoms with Crippen molar-refractivity contribution in [3.63, 3.8) is 0 Å². The predicted molar refractivity (Wildman–Crippen MR) is 54.6 cm³/mol. The van der Waals surface area contributed by atoms with Gasteiger partial charge in [-0.15, -0.1) is 0 Å². The van der Waals surface area contributed by atoms with Crippen molar-refractivity contribution in [2.75, 3.05) is 13.7 Å². The number of aliphatic hydroxyl groups is 1. The summed E-state index contributed by atoms with van der Waals surface area (Å²) in [7, 11) is 1.65. The van der Waals surface area contributed by atoms with Crippen molar-refractivity contribution in [3.05, 3.63) is 34.9 Å². The Morgan fingerprint density at radius 1 is 1.33 bits per heavy atom. The summed E-state index contributed by atoms with van der Waals surface area (Å²) in [6, 6.07) is 2.00. The van der Waals surface area contributed by atoms with E-state index in [-0.39, 0.29) is 23.8 Å². The third kappa shape index (κ3) is 2.73. The molecule has 0 aromatic heterocycles. The molecule has 1 rings (SSSR count). The van der Waals surface area contributed by atoms with Gasteiger partial charge in [-0.3, -0.25) is 0 Å². The van der Waals surface area contributed by atoms with Crippen LogP contribution in [-0.2, 0) is 0 Å². The fourth-order valence-electron chi connectivity index (χ4n) is 1.51. The first-order valence-electron chi connectivity index (χ1n) is 4.83. The first kappa shape index (κ1) is 12.1. The summed E-state index contributed by atoms with van der Waals surface area (Å²) in [6.07, 6.45) is 0.357. The van der Waals surface area contributed by atoms with Crippen LogP contribution in [0.5, 0.6) is 0 Å². The van der Waals surface area contributed by atoms with Crippen molar-refractivity contribution < 1.29 is 13.9 Å². The van der Waals surface area contributed by atoms with Gasteiger partial charge >= 0.3 is 0 Å². The van der Waals surface area contributed by atoms with Gasteiger partial charge in [-0.1, -0.05) is 0 Å². The smallest absolute Gasteiger partial charge is 0.128 e. The van der Waals surface area contributed by atoms with E-state index in [1.54, 1.807) is 7.05 Å². The Morgan fingerprint density at radius 3 is 2.53 bits per heavy atom. The standard InChI is InChI=1S/C11H15F2NO/c1-7-5-10(13)8(6-9(7)12)11(14-2)3-4-15/h5-6,11,14-15H,3-4H2,1-2H3. The van der Waals surface area contributed by atoms with Crippen LogP contribution in [0.15, 0.2) is 12.1 Å². The van der Waals surface area contributed by atoms with Crippen LogP contribution < -0.4 is 5.32 Å². The summed E-state index contributed by atoms with van der Waals surface area (Å²) in [5, 5.41) is 11.6. The molecular weight excluding hydrogens is 200 g/mol. The minimum atomic E-state index is -0.443. The van der Waals surface area contributed by atoms with Gasteiger partial charge in [0.05, 0.1) is 0 Å². The largest absolute Gasteiger partial charge is 0.396 e. The van der Waals surface area contributed by atoms with E-state index in [9.17, 15) is 8.78 Å². The molecule has 1 aromatic rings. The van der Waals surface area contributed by atoms with Gasteiger partial charge in [0.15, 0.2) is 0 Å². The van der Waals surface area contributed by atoms with Crippen molar-refractivity contribution in [1.29, 1.82) is 0 Å². The van der Waals surface area contributed by atoms with E-state index in [1.165, 1.54) is 19.1 Å². The molecule has 15 heavy (non-hydrogen) atoms. The molecule has 0 radical (unpaired) electrons. The Balaban J connectivity index is 3.06. The molecule has 0 bridgehead atoms. The van der Waals surface area contributed by atoms with Gasteiger partial charge < -0.3 is 10.4 Å². The molecule has 2 N–H and O–H groups in total. The van der Waals surface area contributed by atoms with Crippen LogP contribution in [0, 0.1) is 18.6 Å². The van der Waals surface area contributed by atoms with Crippen LogP contribution >= 0.6 is 0 Å². The molecule has 1 aromatic carbocycles. The van der Waals surface area contributed by atoms with E-state index in [0.29, 0.717) is 6.42 Å². The number of aliphatic hydroxyl groups excluding tert-OH is 1. The fraction of sp³-hybridized carbons (Fsp3) is 0.455. The van der Waals surface area contributed by atoms with E-state index in [4.69, 9.17) is 5.11 Å². The number of halogens is 2. The van der Waals surface area contributed by atoms with Crippen LogP contribution in [0.4, 0.5) is 8.78 Å². The molecule has 2 nitrogen and oxygen atoms in total. The van der Waals surface area contributed by atoms with Crippen molar-refractivity contribution in [2.45, 2.75) is 19.4 Å². The summed E-state index contributed by atoms with van der Waals surface area (Å²) in [5.74, 6) is -0.869. The normalized spacial score (nSPS) is 12.9. The summed E-state index contributed by atoms with van der Waals surface area (Å²) >= 11 is 0. The summed E-state index contributed by atoms with van der Waals surface area (Å²) < 4.78 is 26.7. The topological polar surface area (TPSA) is 32.3 Å². The minimum absolute atomic E-state index is 0.0690. The number of nitrogens with one attached hydrogen (secondary N) is 1. The molecule has 0 aliphatic rings. The molecular formula is C11H15F2NO. The predicted octanol–water partition coefficient (Wildman–Crippen LogP) is 1.92. The highest BCUT2D eigenvalue weighted by Gasteiger charge is 2.15. The van der Waals surface area contributed by atoms with Crippen molar-refractivity contribution in [2.24, 2.45) is 0 Å². The number of hydrogen-bond donors (Lipinski definition) is 2. The summed E-state index contributed by atoms with van der Waals surface area (Å²) in [6.45, 7) is 1.45. The monoisotopic (exact) mass is 215 g/mol. The van der Waals surface area contributed by atoms with Crippen molar-refractivity contribution in [3.8, 4) is 0 Å². The molecule has 1 unspecified atom stereocenters. The maximum atomic E-state index is 13.5. The highest BCUT2D eigenvalue weighted by atomic mass is 19.1. The lowest BCUT2D eigenvalue weighted by molar-refractivity contribution is 0.267. The second kappa shape index (κ2) is 5.19. The van der Waals surface area contributed by atoms with Gasteiger partial charge in [0, 0.05) is 18.2 Å². The fourth-order valence-corrected chi connectivity index (χ4v) is 1.51. The third-order valence-corrected chi connectivity index (χ3v) is 2.42. The lowest BCUT2D eigenvalue weighted by Crippen LogP contribution is -2.19. The van der Waals surface area contributed by atoms with Gasteiger partial charge in [0.2, 0.25) is 0 Å². The highest BCUT2D eigenvalue weighted by molar-refractivity contribution is 5.27. The van der Waals surface area contributed by atoms with Crippen molar-refractivity contribution >= 4 is 0 Å².